The Hall–Kier alpha value is -3.33. The van der Waals surface area contributed by atoms with E-state index in [0.29, 0.717) is 11.3 Å². The molecule has 0 aliphatic carbocycles. The lowest BCUT2D eigenvalue weighted by molar-refractivity contribution is -0.139. The molecular weight excluding hydrogens is 432 g/mol. The summed E-state index contributed by atoms with van der Waals surface area (Å²) in [5.41, 5.74) is 2.28. The zero-order chi connectivity index (χ0) is 23.5. The number of rotatable bonds is 7. The number of urea groups is 1. The SMILES string of the molecule is CCOC(=O)C1=C(CS(=O)(=O)c2ccc(C)c(C)c2)NC(=O)N[C@@H]1c1ccccc1OC. The van der Waals surface area contributed by atoms with Gasteiger partial charge in [0.2, 0.25) is 0 Å². The zero-order valence-corrected chi connectivity index (χ0v) is 19.2. The van der Waals surface area contributed by atoms with Crippen molar-refractivity contribution in [2.24, 2.45) is 0 Å². The molecule has 1 aliphatic rings. The van der Waals surface area contributed by atoms with Gasteiger partial charge in [-0.25, -0.2) is 18.0 Å². The molecule has 0 bridgehead atoms. The highest BCUT2D eigenvalue weighted by Gasteiger charge is 2.37. The number of methoxy groups -OCH3 is 1. The highest BCUT2D eigenvalue weighted by atomic mass is 32.2. The predicted molar refractivity (Wildman–Crippen MR) is 119 cm³/mol. The Morgan fingerprint density at radius 3 is 2.47 bits per heavy atom. The van der Waals surface area contributed by atoms with Gasteiger partial charge >= 0.3 is 12.0 Å². The van der Waals surface area contributed by atoms with Gasteiger partial charge in [-0.05, 0) is 50.1 Å². The highest BCUT2D eigenvalue weighted by molar-refractivity contribution is 7.91. The van der Waals surface area contributed by atoms with E-state index in [2.05, 4.69) is 10.6 Å². The average molecular weight is 459 g/mol. The third kappa shape index (κ3) is 4.77. The molecule has 1 aliphatic heterocycles. The van der Waals surface area contributed by atoms with E-state index < -0.39 is 33.6 Å². The van der Waals surface area contributed by atoms with Gasteiger partial charge in [-0.2, -0.15) is 0 Å². The number of benzene rings is 2. The number of hydrogen-bond acceptors (Lipinski definition) is 6. The number of carbonyl (C=O) groups excluding carboxylic acids is 2. The van der Waals surface area contributed by atoms with Crippen LogP contribution in [0.2, 0.25) is 0 Å². The summed E-state index contributed by atoms with van der Waals surface area (Å²) < 4.78 is 37.0. The minimum absolute atomic E-state index is 0.0170. The molecule has 32 heavy (non-hydrogen) atoms. The van der Waals surface area contributed by atoms with E-state index in [1.54, 1.807) is 43.3 Å². The minimum Gasteiger partial charge on any atom is -0.496 e. The Kier molecular flexibility index (Phi) is 6.88. The fourth-order valence-corrected chi connectivity index (χ4v) is 4.91. The first-order valence-corrected chi connectivity index (χ1v) is 11.7. The van der Waals surface area contributed by atoms with E-state index in [1.165, 1.54) is 13.2 Å². The van der Waals surface area contributed by atoms with Gasteiger partial charge in [-0.1, -0.05) is 24.3 Å². The molecule has 0 fully saturated rings. The fourth-order valence-electron chi connectivity index (χ4n) is 3.50. The first-order valence-electron chi connectivity index (χ1n) is 10.1. The van der Waals surface area contributed by atoms with Crippen LogP contribution in [-0.4, -0.2) is 39.9 Å². The molecule has 8 nitrogen and oxygen atoms in total. The van der Waals surface area contributed by atoms with Crippen molar-refractivity contribution in [1.82, 2.24) is 10.6 Å². The lowest BCUT2D eigenvalue weighted by Gasteiger charge is -2.30. The van der Waals surface area contributed by atoms with Gasteiger partial charge in [-0.15, -0.1) is 0 Å². The van der Waals surface area contributed by atoms with E-state index in [9.17, 15) is 18.0 Å². The molecule has 1 atom stereocenters. The molecule has 170 valence electrons. The third-order valence-electron chi connectivity index (χ3n) is 5.27. The number of hydrogen-bond donors (Lipinski definition) is 2. The van der Waals surface area contributed by atoms with Crippen LogP contribution in [0.4, 0.5) is 4.79 Å². The molecule has 0 spiro atoms. The van der Waals surface area contributed by atoms with Crippen LogP contribution < -0.4 is 15.4 Å². The van der Waals surface area contributed by atoms with E-state index in [-0.39, 0.29) is 22.8 Å². The van der Waals surface area contributed by atoms with Crippen LogP contribution in [0.3, 0.4) is 0 Å². The summed E-state index contributed by atoms with van der Waals surface area (Å²) in [6.07, 6.45) is 0. The van der Waals surface area contributed by atoms with Crippen molar-refractivity contribution in [1.29, 1.82) is 0 Å². The average Bonchev–Trinajstić information content (AvgIpc) is 2.74. The van der Waals surface area contributed by atoms with E-state index in [0.717, 1.165) is 11.1 Å². The second-order valence-electron chi connectivity index (χ2n) is 7.39. The van der Waals surface area contributed by atoms with E-state index in [4.69, 9.17) is 9.47 Å². The first kappa shape index (κ1) is 23.3. The summed E-state index contributed by atoms with van der Waals surface area (Å²) in [5.74, 6) is -0.845. The first-order chi connectivity index (χ1) is 15.2. The number of esters is 1. The fraction of sp³-hybridized carbons (Fsp3) is 0.304. The number of para-hydroxylation sites is 1. The van der Waals surface area contributed by atoms with E-state index >= 15 is 0 Å². The maximum atomic E-state index is 13.2. The van der Waals surface area contributed by atoms with Crippen LogP contribution in [0.1, 0.15) is 29.7 Å². The number of carbonyl (C=O) groups is 2. The van der Waals surface area contributed by atoms with Crippen molar-refractivity contribution < 1.29 is 27.5 Å². The van der Waals surface area contributed by atoms with Crippen molar-refractivity contribution in [2.75, 3.05) is 19.5 Å². The summed E-state index contributed by atoms with van der Waals surface area (Å²) >= 11 is 0. The molecule has 9 heteroatoms. The third-order valence-corrected chi connectivity index (χ3v) is 6.91. The molecule has 2 amide bonds. The van der Waals surface area contributed by atoms with E-state index in [1.807, 2.05) is 13.8 Å². The van der Waals surface area contributed by atoms with Crippen LogP contribution in [-0.2, 0) is 19.4 Å². The second-order valence-corrected chi connectivity index (χ2v) is 9.38. The quantitative estimate of drug-likeness (QED) is 0.617. The lowest BCUT2D eigenvalue weighted by Crippen LogP contribution is -2.47. The summed E-state index contributed by atoms with van der Waals surface area (Å²) in [5, 5.41) is 5.19. The number of aryl methyl sites for hydroxylation is 2. The van der Waals surface area contributed by atoms with Crippen molar-refractivity contribution in [3.05, 3.63) is 70.4 Å². The highest BCUT2D eigenvalue weighted by Crippen LogP contribution is 2.34. The van der Waals surface area contributed by atoms with Crippen LogP contribution >= 0.6 is 0 Å². The maximum Gasteiger partial charge on any atom is 0.338 e. The molecule has 0 radical (unpaired) electrons. The largest absolute Gasteiger partial charge is 0.496 e. The van der Waals surface area contributed by atoms with Gasteiger partial charge in [0.15, 0.2) is 9.84 Å². The Morgan fingerprint density at radius 2 is 1.81 bits per heavy atom. The monoisotopic (exact) mass is 458 g/mol. The van der Waals surface area contributed by atoms with Crippen LogP contribution in [0.5, 0.6) is 5.75 Å². The lowest BCUT2D eigenvalue weighted by atomic mass is 9.95. The molecule has 0 saturated heterocycles. The molecule has 3 rings (SSSR count). The number of sulfone groups is 1. The van der Waals surface area contributed by atoms with Crippen molar-refractivity contribution in [3.63, 3.8) is 0 Å². The van der Waals surface area contributed by atoms with Crippen LogP contribution in [0.15, 0.2) is 58.6 Å². The molecule has 2 aromatic carbocycles. The summed E-state index contributed by atoms with van der Waals surface area (Å²) in [4.78, 5) is 25.5. The Bertz CT molecular complexity index is 1190. The Morgan fingerprint density at radius 1 is 1.09 bits per heavy atom. The van der Waals surface area contributed by atoms with Gasteiger partial charge in [-0.3, -0.25) is 0 Å². The molecule has 0 aromatic heterocycles. The molecule has 0 saturated carbocycles. The predicted octanol–water partition coefficient (Wildman–Crippen LogP) is 2.96. The number of ether oxygens (including phenoxy) is 2. The smallest absolute Gasteiger partial charge is 0.338 e. The molecule has 0 unspecified atom stereocenters. The van der Waals surface area contributed by atoms with Crippen LogP contribution in [0, 0.1) is 13.8 Å². The summed E-state index contributed by atoms with van der Waals surface area (Å²) in [7, 11) is -2.39. The molecule has 2 N–H and O–H groups in total. The van der Waals surface area contributed by atoms with Crippen LogP contribution in [0.25, 0.3) is 0 Å². The Labute approximate surface area is 187 Å². The normalized spacial score (nSPS) is 16.2. The van der Waals surface area contributed by atoms with Crippen molar-refractivity contribution >= 4 is 21.8 Å². The molecule has 2 aromatic rings. The number of nitrogens with one attached hydrogen (secondary N) is 2. The number of amides is 2. The van der Waals surface area contributed by atoms with Crippen molar-refractivity contribution in [2.45, 2.75) is 31.7 Å². The second kappa shape index (κ2) is 9.44. The maximum absolute atomic E-state index is 13.2. The summed E-state index contributed by atoms with van der Waals surface area (Å²) in [6, 6.07) is 10.1. The van der Waals surface area contributed by atoms with Gasteiger partial charge in [0.05, 0.1) is 36.0 Å². The zero-order valence-electron chi connectivity index (χ0n) is 18.4. The van der Waals surface area contributed by atoms with Gasteiger partial charge in [0, 0.05) is 11.3 Å². The summed E-state index contributed by atoms with van der Waals surface area (Å²) in [6.45, 7) is 5.45. The molecule has 1 heterocycles. The topological polar surface area (TPSA) is 111 Å². The van der Waals surface area contributed by atoms with Gasteiger partial charge in [0.25, 0.3) is 0 Å². The van der Waals surface area contributed by atoms with Gasteiger partial charge in [0.1, 0.15) is 5.75 Å². The Balaban J connectivity index is 2.14. The minimum atomic E-state index is -3.86. The standard InChI is InChI=1S/C23H26N2O6S/c1-5-31-22(26)20-18(13-32(28,29)16-11-10-14(2)15(3)12-16)24-23(27)25-21(20)17-8-6-7-9-19(17)30-4/h6-12,21H,5,13H2,1-4H3,(H2,24,25,27)/t21-/m1/s1. The van der Waals surface area contributed by atoms with Gasteiger partial charge < -0.3 is 20.1 Å². The van der Waals surface area contributed by atoms with Crippen molar-refractivity contribution in [3.8, 4) is 5.75 Å². The molecular formula is C23H26N2O6S.